The Morgan fingerprint density at radius 1 is 1.29 bits per heavy atom. The first-order chi connectivity index (χ1) is 9.82. The topological polar surface area (TPSA) is 43.4 Å². The zero-order valence-corrected chi connectivity index (χ0v) is 13.2. The minimum atomic E-state index is -4.29. The van der Waals surface area contributed by atoms with Crippen LogP contribution in [0.2, 0.25) is 0 Å². The second kappa shape index (κ2) is 6.48. The van der Waals surface area contributed by atoms with Crippen molar-refractivity contribution in [1.82, 2.24) is 0 Å². The van der Waals surface area contributed by atoms with Gasteiger partial charge in [0.25, 0.3) is 9.05 Å². The largest absolute Gasteiger partial charge is 0.486 e. The smallest absolute Gasteiger partial charge is 0.265 e. The summed E-state index contributed by atoms with van der Waals surface area (Å²) in [7, 11) is 0.968. The maximum absolute atomic E-state index is 13.9. The molecule has 7 heteroatoms. The maximum Gasteiger partial charge on any atom is 0.265 e. The highest BCUT2D eigenvalue weighted by Crippen LogP contribution is 2.36. The Bertz CT molecular complexity index is 619. The van der Waals surface area contributed by atoms with Gasteiger partial charge in [0, 0.05) is 16.7 Å². The maximum atomic E-state index is 13.9. The zero-order chi connectivity index (χ0) is 15.6. The Morgan fingerprint density at radius 3 is 2.57 bits per heavy atom. The fourth-order valence-electron chi connectivity index (χ4n) is 2.78. The molecule has 0 N–H and O–H groups in total. The van der Waals surface area contributed by atoms with Crippen molar-refractivity contribution in [2.24, 2.45) is 5.92 Å². The summed E-state index contributed by atoms with van der Waals surface area (Å²) in [6.45, 7) is 2.01. The lowest BCUT2D eigenvalue weighted by Crippen LogP contribution is -2.30. The normalized spacial score (nSPS) is 23.0. The van der Waals surface area contributed by atoms with E-state index in [-0.39, 0.29) is 12.0 Å². The molecule has 2 unspecified atom stereocenters. The van der Waals surface area contributed by atoms with E-state index in [0.29, 0.717) is 12.1 Å². The first-order valence-corrected chi connectivity index (χ1v) is 9.24. The molecule has 0 bridgehead atoms. The molecule has 1 aromatic carbocycles. The number of ether oxygens (including phenoxy) is 1. The van der Waals surface area contributed by atoms with E-state index < -0.39 is 31.3 Å². The van der Waals surface area contributed by atoms with Crippen LogP contribution in [-0.2, 0) is 9.05 Å². The molecule has 118 valence electrons. The highest BCUT2D eigenvalue weighted by molar-refractivity contribution is 8.13. The summed E-state index contributed by atoms with van der Waals surface area (Å²) in [6, 6.07) is 1.29. The van der Waals surface area contributed by atoms with E-state index in [4.69, 9.17) is 15.4 Å². The van der Waals surface area contributed by atoms with E-state index in [9.17, 15) is 17.2 Å². The number of hydrogen-bond donors (Lipinski definition) is 0. The third kappa shape index (κ3) is 3.86. The van der Waals surface area contributed by atoms with Crippen molar-refractivity contribution in [3.8, 4) is 5.75 Å². The van der Waals surface area contributed by atoms with Gasteiger partial charge in [-0.15, -0.1) is 0 Å². The molecule has 1 aliphatic rings. The molecule has 0 aliphatic heterocycles. The molecule has 1 saturated carbocycles. The lowest BCUT2D eigenvalue weighted by Gasteiger charge is -2.31. The van der Waals surface area contributed by atoms with Gasteiger partial charge in [-0.2, -0.15) is 0 Å². The first kappa shape index (κ1) is 16.5. The van der Waals surface area contributed by atoms with Crippen molar-refractivity contribution in [1.29, 1.82) is 0 Å². The molecule has 0 radical (unpaired) electrons. The molecular formula is C14H17ClF2O3S. The van der Waals surface area contributed by atoms with E-state index in [1.807, 2.05) is 6.92 Å². The van der Waals surface area contributed by atoms with Crippen molar-refractivity contribution in [2.75, 3.05) is 0 Å². The SMILES string of the molecule is CCC1CCCCC1Oc1c(F)cc(F)cc1S(=O)(=O)Cl. The molecule has 0 aromatic heterocycles. The quantitative estimate of drug-likeness (QED) is 0.771. The zero-order valence-electron chi connectivity index (χ0n) is 11.6. The van der Waals surface area contributed by atoms with E-state index >= 15 is 0 Å². The molecule has 2 rings (SSSR count). The van der Waals surface area contributed by atoms with Crippen LogP contribution >= 0.6 is 10.7 Å². The second-order valence-corrected chi connectivity index (χ2v) is 7.80. The number of benzene rings is 1. The van der Waals surface area contributed by atoms with Crippen molar-refractivity contribution in [2.45, 2.75) is 50.0 Å². The van der Waals surface area contributed by atoms with Crippen molar-refractivity contribution < 1.29 is 21.9 Å². The van der Waals surface area contributed by atoms with Crippen molar-refractivity contribution in [3.05, 3.63) is 23.8 Å². The van der Waals surface area contributed by atoms with Gasteiger partial charge in [0.15, 0.2) is 11.6 Å². The summed E-state index contributed by atoms with van der Waals surface area (Å²) >= 11 is 0. The van der Waals surface area contributed by atoms with E-state index in [2.05, 4.69) is 0 Å². The summed E-state index contributed by atoms with van der Waals surface area (Å²) in [4.78, 5) is -0.651. The predicted octanol–water partition coefficient (Wildman–Crippen LogP) is 4.24. The van der Waals surface area contributed by atoms with Gasteiger partial charge < -0.3 is 4.74 Å². The van der Waals surface area contributed by atoms with Gasteiger partial charge in [-0.05, 0) is 37.7 Å². The van der Waals surface area contributed by atoms with E-state index in [1.54, 1.807) is 0 Å². The number of hydrogen-bond acceptors (Lipinski definition) is 3. The molecule has 1 fully saturated rings. The molecule has 0 spiro atoms. The van der Waals surface area contributed by atoms with Crippen molar-refractivity contribution in [3.63, 3.8) is 0 Å². The monoisotopic (exact) mass is 338 g/mol. The fraction of sp³-hybridized carbons (Fsp3) is 0.571. The minimum Gasteiger partial charge on any atom is -0.486 e. The lowest BCUT2D eigenvalue weighted by molar-refractivity contribution is 0.0830. The molecule has 2 atom stereocenters. The van der Waals surface area contributed by atoms with E-state index in [0.717, 1.165) is 32.1 Å². The average molecular weight is 339 g/mol. The van der Waals surface area contributed by atoms with Crippen LogP contribution in [0.15, 0.2) is 17.0 Å². The highest BCUT2D eigenvalue weighted by Gasteiger charge is 2.30. The van der Waals surface area contributed by atoms with Gasteiger partial charge >= 0.3 is 0 Å². The summed E-state index contributed by atoms with van der Waals surface area (Å²) in [5, 5.41) is 0. The Labute approximate surface area is 127 Å². The molecule has 1 aliphatic carbocycles. The van der Waals surface area contributed by atoms with Crippen LogP contribution in [0, 0.1) is 17.6 Å². The van der Waals surface area contributed by atoms with Crippen LogP contribution in [0.5, 0.6) is 5.75 Å². The Balaban J connectivity index is 2.39. The highest BCUT2D eigenvalue weighted by atomic mass is 35.7. The van der Waals surface area contributed by atoms with Crippen LogP contribution < -0.4 is 4.74 Å². The molecule has 0 amide bonds. The van der Waals surface area contributed by atoms with Gasteiger partial charge in [0.1, 0.15) is 16.8 Å². The van der Waals surface area contributed by atoms with Gasteiger partial charge in [-0.1, -0.05) is 13.3 Å². The molecule has 0 saturated heterocycles. The predicted molar refractivity (Wildman–Crippen MR) is 76.1 cm³/mol. The van der Waals surface area contributed by atoms with Crippen LogP contribution in [0.4, 0.5) is 8.78 Å². The average Bonchev–Trinajstić information content (AvgIpc) is 2.40. The molecule has 0 heterocycles. The Morgan fingerprint density at radius 2 is 1.95 bits per heavy atom. The van der Waals surface area contributed by atoms with Gasteiger partial charge in [-0.3, -0.25) is 0 Å². The summed E-state index contributed by atoms with van der Waals surface area (Å²) < 4.78 is 55.8. The Kier molecular flexibility index (Phi) is 5.09. The van der Waals surface area contributed by atoms with Gasteiger partial charge in [-0.25, -0.2) is 17.2 Å². The van der Waals surface area contributed by atoms with Gasteiger partial charge in [0.2, 0.25) is 0 Å². The third-order valence-electron chi connectivity index (χ3n) is 3.87. The molecular weight excluding hydrogens is 322 g/mol. The summed E-state index contributed by atoms with van der Waals surface area (Å²) in [5.41, 5.74) is 0. The van der Waals surface area contributed by atoms with Gasteiger partial charge in [0.05, 0.1) is 0 Å². The summed E-state index contributed by atoms with van der Waals surface area (Å²) in [6.07, 6.45) is 4.26. The second-order valence-electron chi connectivity index (χ2n) is 5.26. The lowest BCUT2D eigenvalue weighted by atomic mass is 9.85. The third-order valence-corrected chi connectivity index (χ3v) is 5.20. The molecule has 3 nitrogen and oxygen atoms in total. The number of rotatable bonds is 4. The molecule has 21 heavy (non-hydrogen) atoms. The first-order valence-electron chi connectivity index (χ1n) is 6.93. The van der Waals surface area contributed by atoms with Crippen LogP contribution in [0.25, 0.3) is 0 Å². The standard InChI is InChI=1S/C14H17ClF2O3S/c1-2-9-5-3-4-6-12(9)20-14-11(17)7-10(16)8-13(14)21(15,18)19/h7-9,12H,2-6H2,1H3. The Hall–Kier alpha value is -0.880. The van der Waals surface area contributed by atoms with Crippen LogP contribution in [-0.4, -0.2) is 14.5 Å². The molecule has 1 aromatic rings. The van der Waals surface area contributed by atoms with Crippen LogP contribution in [0.3, 0.4) is 0 Å². The van der Waals surface area contributed by atoms with Crippen molar-refractivity contribution >= 4 is 19.7 Å². The summed E-state index contributed by atoms with van der Waals surface area (Å²) in [5.74, 6) is -2.30. The minimum absolute atomic E-state index is 0.231. The van der Waals surface area contributed by atoms with E-state index in [1.165, 1.54) is 0 Å². The fourth-order valence-corrected chi connectivity index (χ4v) is 3.74. The van der Waals surface area contributed by atoms with Crippen LogP contribution in [0.1, 0.15) is 39.0 Å². The number of halogens is 3.